The van der Waals surface area contributed by atoms with Crippen molar-refractivity contribution in [3.8, 4) is 0 Å². The van der Waals surface area contributed by atoms with Crippen LogP contribution >= 0.6 is 17.2 Å². The monoisotopic (exact) mass is 242 g/mol. The molecule has 0 aromatic rings. The topological polar surface area (TPSA) is 0 Å². The first-order chi connectivity index (χ1) is 6.66. The normalized spacial score (nSPS) is 23.6. The zero-order chi connectivity index (χ0) is 11.7. The van der Waals surface area contributed by atoms with Gasteiger partial charge in [-0.05, 0) is 15.6 Å². The second-order valence-corrected chi connectivity index (χ2v) is 11.1. The Balaban J connectivity index is 2.53. The van der Waals surface area contributed by atoms with E-state index in [1.54, 1.807) is 5.31 Å². The molecule has 3 atom stereocenters. The van der Waals surface area contributed by atoms with Crippen LogP contribution in [0, 0.1) is 0 Å². The Labute approximate surface area is 98.6 Å². The molecular weight excluding hydrogens is 218 g/mol. The summed E-state index contributed by atoms with van der Waals surface area (Å²) in [4.78, 5) is 0. The molecule has 3 unspecified atom stereocenters. The summed E-state index contributed by atoms with van der Waals surface area (Å²) in [5, 5.41) is 2.46. The van der Waals surface area contributed by atoms with Crippen molar-refractivity contribution in [3.63, 3.8) is 0 Å². The van der Waals surface area contributed by atoms with Crippen LogP contribution in [0.5, 0.6) is 0 Å². The molecule has 0 saturated heterocycles. The van der Waals surface area contributed by atoms with Crippen molar-refractivity contribution >= 4 is 17.2 Å². The molecular formula is C13H24P2. The molecule has 0 N–H and O–H groups in total. The van der Waals surface area contributed by atoms with Crippen LogP contribution in [0.3, 0.4) is 0 Å². The molecule has 0 aromatic carbocycles. The zero-order valence-electron chi connectivity index (χ0n) is 10.8. The molecule has 1 aliphatic rings. The summed E-state index contributed by atoms with van der Waals surface area (Å²) in [6.07, 6.45) is 7.21. The van der Waals surface area contributed by atoms with Gasteiger partial charge in [-0.3, -0.25) is 0 Å². The third-order valence-electron chi connectivity index (χ3n) is 1.96. The highest BCUT2D eigenvalue weighted by atomic mass is 31.1. The molecule has 0 radical (unpaired) electrons. The maximum absolute atomic E-state index is 2.48. The van der Waals surface area contributed by atoms with E-state index >= 15 is 0 Å². The predicted molar refractivity (Wildman–Crippen MR) is 77.1 cm³/mol. The van der Waals surface area contributed by atoms with Crippen molar-refractivity contribution in [2.45, 2.75) is 57.5 Å². The minimum atomic E-state index is 0.440. The van der Waals surface area contributed by atoms with Gasteiger partial charge in [0.1, 0.15) is 0 Å². The molecule has 0 nitrogen and oxygen atoms in total. The highest BCUT2D eigenvalue weighted by molar-refractivity contribution is 7.45. The molecule has 1 aliphatic carbocycles. The Hall–Kier alpha value is 0.340. The lowest BCUT2D eigenvalue weighted by atomic mass is 10.3. The minimum Gasteiger partial charge on any atom is -0.105 e. The van der Waals surface area contributed by atoms with Crippen LogP contribution in [0.1, 0.15) is 41.5 Å². The van der Waals surface area contributed by atoms with Crippen molar-refractivity contribution in [1.82, 2.24) is 0 Å². The summed E-state index contributed by atoms with van der Waals surface area (Å²) in [6.45, 7) is 13.9. The second kappa shape index (κ2) is 4.68. The number of hydrogen-bond acceptors (Lipinski definition) is 0. The van der Waals surface area contributed by atoms with Gasteiger partial charge in [0.25, 0.3) is 0 Å². The molecule has 0 heterocycles. The van der Waals surface area contributed by atoms with Gasteiger partial charge in [0.05, 0.1) is 0 Å². The van der Waals surface area contributed by atoms with Crippen molar-refractivity contribution in [2.75, 3.05) is 0 Å². The van der Waals surface area contributed by atoms with Crippen LogP contribution in [-0.4, -0.2) is 16.0 Å². The lowest BCUT2D eigenvalue weighted by molar-refractivity contribution is 0.791. The summed E-state index contributed by atoms with van der Waals surface area (Å²) < 4.78 is 0. The lowest BCUT2D eigenvalue weighted by Crippen LogP contribution is -2.09. The van der Waals surface area contributed by atoms with Crippen LogP contribution < -0.4 is 0 Å². The van der Waals surface area contributed by atoms with Gasteiger partial charge in [0, 0.05) is 5.66 Å². The zero-order valence-corrected chi connectivity index (χ0v) is 12.8. The van der Waals surface area contributed by atoms with E-state index in [-0.39, 0.29) is 0 Å². The van der Waals surface area contributed by atoms with Gasteiger partial charge in [-0.1, -0.05) is 68.4 Å². The molecule has 0 fully saturated rings. The van der Waals surface area contributed by atoms with Crippen LogP contribution in [0.2, 0.25) is 0 Å². The Morgan fingerprint density at radius 2 is 1.60 bits per heavy atom. The number of allylic oxidation sites excluding steroid dienone is 4. The average Bonchev–Trinajstić information content (AvgIpc) is 2.28. The van der Waals surface area contributed by atoms with E-state index < -0.39 is 0 Å². The standard InChI is InChI=1S/C13H24P2/c1-12(2,3)14-10-7-8-11(9-10)15-13(4,5)6/h7-10,14-15H,1-6H3. The maximum atomic E-state index is 2.48. The average molecular weight is 242 g/mol. The second-order valence-electron chi connectivity index (χ2n) is 6.28. The van der Waals surface area contributed by atoms with Gasteiger partial charge in [-0.15, -0.1) is 8.58 Å². The minimum absolute atomic E-state index is 0.440. The molecule has 1 rings (SSSR count). The fourth-order valence-electron chi connectivity index (χ4n) is 1.62. The van der Waals surface area contributed by atoms with Gasteiger partial charge in [-0.2, -0.15) is 0 Å². The molecule has 0 spiro atoms. The Morgan fingerprint density at radius 1 is 1.00 bits per heavy atom. The van der Waals surface area contributed by atoms with E-state index in [2.05, 4.69) is 59.8 Å². The molecule has 0 saturated carbocycles. The summed E-state index contributed by atoms with van der Waals surface area (Å²) in [5.74, 6) is 0. The predicted octanol–water partition coefficient (Wildman–Crippen LogP) is 4.76. The first kappa shape index (κ1) is 13.4. The molecule has 0 aromatic heterocycles. The molecule has 86 valence electrons. The van der Waals surface area contributed by atoms with Crippen molar-refractivity contribution in [1.29, 1.82) is 0 Å². The van der Waals surface area contributed by atoms with E-state index in [0.717, 1.165) is 17.2 Å². The lowest BCUT2D eigenvalue weighted by Gasteiger charge is -2.21. The first-order valence-electron chi connectivity index (χ1n) is 5.62. The highest BCUT2D eigenvalue weighted by Crippen LogP contribution is 2.45. The van der Waals surface area contributed by atoms with Crippen molar-refractivity contribution in [2.24, 2.45) is 0 Å². The van der Waals surface area contributed by atoms with Crippen LogP contribution in [0.15, 0.2) is 23.5 Å². The van der Waals surface area contributed by atoms with E-state index in [0.29, 0.717) is 16.0 Å². The smallest absolute Gasteiger partial charge is 0.0139 e. The van der Waals surface area contributed by atoms with Gasteiger partial charge < -0.3 is 0 Å². The van der Waals surface area contributed by atoms with Gasteiger partial charge in [0.2, 0.25) is 0 Å². The quantitative estimate of drug-likeness (QED) is 0.612. The van der Waals surface area contributed by atoms with E-state index in [1.807, 2.05) is 0 Å². The Bertz CT molecular complexity index is 274. The third-order valence-corrected chi connectivity index (χ3v) is 4.89. The van der Waals surface area contributed by atoms with Crippen LogP contribution in [0.25, 0.3) is 0 Å². The van der Waals surface area contributed by atoms with Crippen LogP contribution in [0.4, 0.5) is 0 Å². The fraction of sp³-hybridized carbons (Fsp3) is 0.692. The van der Waals surface area contributed by atoms with Gasteiger partial charge in [-0.25, -0.2) is 0 Å². The molecule has 15 heavy (non-hydrogen) atoms. The van der Waals surface area contributed by atoms with Crippen LogP contribution in [-0.2, 0) is 0 Å². The largest absolute Gasteiger partial charge is 0.105 e. The number of rotatable bonds is 2. The Morgan fingerprint density at radius 3 is 2.07 bits per heavy atom. The van der Waals surface area contributed by atoms with E-state index in [1.165, 1.54) is 0 Å². The summed E-state index contributed by atoms with van der Waals surface area (Å²) in [6, 6.07) is 0. The summed E-state index contributed by atoms with van der Waals surface area (Å²) in [5.41, 5.74) is 0.704. The summed E-state index contributed by atoms with van der Waals surface area (Å²) >= 11 is 0. The number of hydrogen-bond donors (Lipinski definition) is 0. The van der Waals surface area contributed by atoms with Gasteiger partial charge in [0.15, 0.2) is 0 Å². The van der Waals surface area contributed by atoms with Gasteiger partial charge >= 0.3 is 0 Å². The molecule has 0 amide bonds. The maximum Gasteiger partial charge on any atom is 0.0139 e. The SMILES string of the molecule is CC(C)(C)PC1=CC(PC(C)(C)C)C=C1. The van der Waals surface area contributed by atoms with E-state index in [9.17, 15) is 0 Å². The highest BCUT2D eigenvalue weighted by Gasteiger charge is 2.20. The molecule has 2 heteroatoms. The first-order valence-corrected chi connectivity index (χ1v) is 7.69. The molecule has 0 aliphatic heterocycles. The molecule has 0 bridgehead atoms. The van der Waals surface area contributed by atoms with E-state index in [4.69, 9.17) is 0 Å². The van der Waals surface area contributed by atoms with Crippen molar-refractivity contribution in [3.05, 3.63) is 23.5 Å². The third kappa shape index (κ3) is 5.84. The Kier molecular flexibility index (Phi) is 4.19. The van der Waals surface area contributed by atoms with Crippen molar-refractivity contribution < 1.29 is 0 Å². The fourth-order valence-corrected chi connectivity index (χ4v) is 4.55. The summed E-state index contributed by atoms with van der Waals surface area (Å²) in [7, 11) is 1.96.